The number of thioether (sulfide) groups is 1. The second kappa shape index (κ2) is 11.8. The van der Waals surface area contributed by atoms with Crippen molar-refractivity contribution in [3.8, 4) is 5.75 Å². The topological polar surface area (TPSA) is 50.7 Å². The average Bonchev–Trinajstić information content (AvgIpc) is 2.65. The van der Waals surface area contributed by atoms with Gasteiger partial charge in [-0.05, 0) is 53.6 Å². The number of hydrogen-bond donors (Lipinski definition) is 1. The number of carbonyl (C=O) groups excluding carboxylic acids is 1. The molecule has 0 atom stereocenters. The number of carbonyl (C=O) groups is 1. The number of halogens is 2. The molecule has 0 spiro atoms. The van der Waals surface area contributed by atoms with Gasteiger partial charge in [-0.1, -0.05) is 39.7 Å². The lowest BCUT2D eigenvalue weighted by molar-refractivity contribution is -0.118. The van der Waals surface area contributed by atoms with Gasteiger partial charge in [0.1, 0.15) is 12.4 Å². The minimum Gasteiger partial charge on any atom is -0.490 e. The van der Waals surface area contributed by atoms with E-state index in [-0.39, 0.29) is 5.91 Å². The minimum atomic E-state index is -0.129. The molecule has 2 aromatic rings. The number of ether oxygens (including phenoxy) is 1. The van der Waals surface area contributed by atoms with Gasteiger partial charge in [-0.3, -0.25) is 4.79 Å². The summed E-state index contributed by atoms with van der Waals surface area (Å²) in [4.78, 5) is 11.8. The molecule has 0 saturated heterocycles. The Hall–Kier alpha value is -1.76. The van der Waals surface area contributed by atoms with Gasteiger partial charge in [0.25, 0.3) is 0 Å². The molecule has 136 valence electrons. The van der Waals surface area contributed by atoms with E-state index in [9.17, 15) is 4.79 Å². The molecule has 0 fully saturated rings. The first-order valence-electron chi connectivity index (χ1n) is 7.79. The average molecular weight is 454 g/mol. The van der Waals surface area contributed by atoms with Crippen LogP contribution in [0, 0.1) is 0 Å². The number of hydrazone groups is 1. The second-order valence-electron chi connectivity index (χ2n) is 5.15. The molecule has 0 aliphatic heterocycles. The van der Waals surface area contributed by atoms with Gasteiger partial charge in [-0.15, -0.1) is 11.8 Å². The summed E-state index contributed by atoms with van der Waals surface area (Å²) in [6.07, 6.45) is 3.31. The molecule has 0 unspecified atom stereocenters. The molecular formula is C19H18BrClN2O2S. The molecule has 0 aromatic heterocycles. The maximum absolute atomic E-state index is 11.8. The van der Waals surface area contributed by atoms with Crippen LogP contribution in [0.5, 0.6) is 5.75 Å². The van der Waals surface area contributed by atoms with Crippen LogP contribution in [-0.2, 0) is 10.5 Å². The minimum absolute atomic E-state index is 0.129. The highest BCUT2D eigenvalue weighted by atomic mass is 79.9. The molecule has 0 radical (unpaired) electrons. The number of hydrogen-bond acceptors (Lipinski definition) is 4. The van der Waals surface area contributed by atoms with Crippen LogP contribution in [0.3, 0.4) is 0 Å². The zero-order valence-electron chi connectivity index (χ0n) is 13.9. The summed E-state index contributed by atoms with van der Waals surface area (Å²) in [5, 5.41) is 3.97. The van der Waals surface area contributed by atoms with Crippen LogP contribution in [0.15, 0.2) is 69.7 Å². The van der Waals surface area contributed by atoms with Crippen molar-refractivity contribution in [3.05, 3.63) is 75.7 Å². The van der Waals surface area contributed by atoms with Crippen molar-refractivity contribution in [2.24, 2.45) is 5.10 Å². The maximum atomic E-state index is 11.8. The van der Waals surface area contributed by atoms with E-state index < -0.39 is 0 Å². The van der Waals surface area contributed by atoms with E-state index in [4.69, 9.17) is 16.3 Å². The lowest BCUT2D eigenvalue weighted by Gasteiger charge is -2.03. The van der Waals surface area contributed by atoms with Crippen LogP contribution in [0.4, 0.5) is 0 Å². The van der Waals surface area contributed by atoms with Crippen LogP contribution in [0.2, 0.25) is 0 Å². The van der Waals surface area contributed by atoms with Crippen molar-refractivity contribution in [2.75, 3.05) is 12.4 Å². The van der Waals surface area contributed by atoms with E-state index in [1.807, 2.05) is 48.5 Å². The van der Waals surface area contributed by atoms with Gasteiger partial charge < -0.3 is 4.74 Å². The third kappa shape index (κ3) is 8.08. The van der Waals surface area contributed by atoms with Gasteiger partial charge in [0.2, 0.25) is 5.91 Å². The molecule has 2 rings (SSSR count). The van der Waals surface area contributed by atoms with Gasteiger partial charge in [0.15, 0.2) is 0 Å². The molecule has 4 nitrogen and oxygen atoms in total. The van der Waals surface area contributed by atoms with Gasteiger partial charge >= 0.3 is 0 Å². The molecule has 0 aliphatic rings. The smallest absolute Gasteiger partial charge is 0.250 e. The Morgan fingerprint density at radius 3 is 2.62 bits per heavy atom. The Balaban J connectivity index is 1.68. The lowest BCUT2D eigenvalue weighted by atomic mass is 10.2. The molecular weight excluding hydrogens is 436 g/mol. The summed E-state index contributed by atoms with van der Waals surface area (Å²) in [6.45, 7) is 0.422. The molecule has 0 bridgehead atoms. The molecule has 1 N–H and O–H groups in total. The highest BCUT2D eigenvalue weighted by Crippen LogP contribution is 2.15. The second-order valence-corrected chi connectivity index (χ2v) is 7.31. The Morgan fingerprint density at radius 2 is 1.92 bits per heavy atom. The Kier molecular flexibility index (Phi) is 9.31. The fourth-order valence-electron chi connectivity index (χ4n) is 1.88. The van der Waals surface area contributed by atoms with Crippen molar-refractivity contribution >= 4 is 51.4 Å². The predicted molar refractivity (Wildman–Crippen MR) is 113 cm³/mol. The van der Waals surface area contributed by atoms with Gasteiger partial charge in [-0.25, -0.2) is 5.43 Å². The van der Waals surface area contributed by atoms with Gasteiger partial charge in [-0.2, -0.15) is 5.10 Å². The summed E-state index contributed by atoms with van der Waals surface area (Å²) >= 11 is 10.4. The first kappa shape index (κ1) is 20.6. The maximum Gasteiger partial charge on any atom is 0.250 e. The van der Waals surface area contributed by atoms with E-state index in [0.29, 0.717) is 12.4 Å². The highest BCUT2D eigenvalue weighted by molar-refractivity contribution is 9.10. The Labute approximate surface area is 170 Å². The molecule has 26 heavy (non-hydrogen) atoms. The summed E-state index contributed by atoms with van der Waals surface area (Å²) in [7, 11) is 0. The first-order chi connectivity index (χ1) is 12.7. The summed E-state index contributed by atoms with van der Waals surface area (Å²) in [6, 6.07) is 15.4. The fourth-order valence-corrected chi connectivity index (χ4v) is 3.00. The molecule has 2 aromatic carbocycles. The van der Waals surface area contributed by atoms with Crippen LogP contribution >= 0.6 is 39.3 Å². The normalized spacial score (nSPS) is 11.2. The number of amides is 1. The van der Waals surface area contributed by atoms with Crippen molar-refractivity contribution in [1.29, 1.82) is 0 Å². The Bertz CT molecular complexity index is 749. The van der Waals surface area contributed by atoms with Gasteiger partial charge in [0, 0.05) is 15.8 Å². The van der Waals surface area contributed by atoms with Crippen molar-refractivity contribution < 1.29 is 9.53 Å². The Morgan fingerprint density at radius 1 is 1.19 bits per heavy atom. The number of nitrogens with zero attached hydrogens (tertiary/aromatic N) is 1. The third-order valence-corrected chi connectivity index (χ3v) is 4.84. The van der Waals surface area contributed by atoms with Crippen LogP contribution < -0.4 is 10.2 Å². The number of nitrogens with one attached hydrogen (secondary N) is 1. The molecule has 0 heterocycles. The third-order valence-electron chi connectivity index (χ3n) is 3.13. The number of rotatable bonds is 9. The summed E-state index contributed by atoms with van der Waals surface area (Å²) in [5.41, 5.74) is 6.00. The van der Waals surface area contributed by atoms with Gasteiger partial charge in [0.05, 0.1) is 12.0 Å². The molecule has 0 aliphatic carbocycles. The van der Waals surface area contributed by atoms with Crippen LogP contribution in [0.1, 0.15) is 11.1 Å². The van der Waals surface area contributed by atoms with E-state index in [1.54, 1.807) is 24.1 Å². The molecule has 7 heteroatoms. The summed E-state index contributed by atoms with van der Waals surface area (Å²) in [5.74, 6) is 1.75. The van der Waals surface area contributed by atoms with Crippen LogP contribution in [0.25, 0.3) is 0 Å². The fraction of sp³-hybridized carbons (Fsp3) is 0.158. The van der Waals surface area contributed by atoms with Crippen molar-refractivity contribution in [1.82, 2.24) is 5.43 Å². The quantitative estimate of drug-likeness (QED) is 0.431. The monoisotopic (exact) mass is 452 g/mol. The van der Waals surface area contributed by atoms with Crippen LogP contribution in [-0.4, -0.2) is 24.5 Å². The van der Waals surface area contributed by atoms with E-state index >= 15 is 0 Å². The number of benzene rings is 2. The van der Waals surface area contributed by atoms with E-state index in [0.717, 1.165) is 21.5 Å². The first-order valence-corrected chi connectivity index (χ1v) is 10.2. The zero-order chi connectivity index (χ0) is 18.6. The molecule has 0 saturated carbocycles. The van der Waals surface area contributed by atoms with Crippen molar-refractivity contribution in [3.63, 3.8) is 0 Å². The predicted octanol–water partition coefficient (Wildman–Crippen LogP) is 4.96. The zero-order valence-corrected chi connectivity index (χ0v) is 17.1. The summed E-state index contributed by atoms with van der Waals surface area (Å²) < 4.78 is 6.49. The SMILES string of the molecule is O=C(CSCc1ccc(Br)cc1)NN=Cc1ccc(OCC=CCl)cc1. The van der Waals surface area contributed by atoms with E-state index in [1.165, 1.54) is 11.1 Å². The molecule has 1 amide bonds. The largest absolute Gasteiger partial charge is 0.490 e. The van der Waals surface area contributed by atoms with Crippen molar-refractivity contribution in [2.45, 2.75) is 5.75 Å². The van der Waals surface area contributed by atoms with E-state index in [2.05, 4.69) is 26.5 Å². The standard InChI is InChI=1S/C19H18BrClN2O2S/c20-17-6-2-16(3-7-17)13-26-14-19(24)23-22-12-15-4-8-18(9-5-15)25-11-1-10-21/h1-10,12H,11,13-14H2,(H,23,24). The lowest BCUT2D eigenvalue weighted by Crippen LogP contribution is -2.19. The highest BCUT2D eigenvalue weighted by Gasteiger charge is 2.01.